The van der Waals surface area contributed by atoms with Crippen LogP contribution in [0.3, 0.4) is 0 Å². The number of halogens is 1. The highest BCUT2D eigenvalue weighted by molar-refractivity contribution is 7.22. The zero-order chi connectivity index (χ0) is 21.9. The average molecular weight is 490 g/mol. The third-order valence-electron chi connectivity index (χ3n) is 8.79. The zero-order valence-corrected chi connectivity index (χ0v) is 21.5. The molecule has 0 radical (unpaired) electrons. The summed E-state index contributed by atoms with van der Waals surface area (Å²) in [6.07, 6.45) is 7.40. The van der Waals surface area contributed by atoms with E-state index in [2.05, 4.69) is 35.8 Å². The fraction of sp³-hybridized carbons (Fsp3) is 0.692. The Morgan fingerprint density at radius 2 is 1.76 bits per heavy atom. The first-order valence-corrected chi connectivity index (χ1v) is 13.3. The van der Waals surface area contributed by atoms with Gasteiger partial charge in [-0.1, -0.05) is 17.4 Å². The Kier molecular flexibility index (Phi) is 6.49. The van der Waals surface area contributed by atoms with Crippen molar-refractivity contribution in [2.45, 2.75) is 52.4 Å². The van der Waals surface area contributed by atoms with Crippen molar-refractivity contribution < 1.29 is 9.53 Å². The van der Waals surface area contributed by atoms with Crippen LogP contribution in [0.15, 0.2) is 12.1 Å². The van der Waals surface area contributed by atoms with Gasteiger partial charge in [-0.05, 0) is 87.3 Å². The van der Waals surface area contributed by atoms with Crippen LogP contribution in [0.2, 0.25) is 0 Å². The molecule has 0 atom stereocenters. The van der Waals surface area contributed by atoms with Crippen LogP contribution in [0.5, 0.6) is 0 Å². The number of thiazole rings is 1. The maximum absolute atomic E-state index is 14.3. The molecular formula is C26H36ClN3O2S. The number of morpholine rings is 1. The number of nitrogens with zero attached hydrogens (tertiary/aromatic N) is 3. The first kappa shape index (κ1) is 23.5. The van der Waals surface area contributed by atoms with E-state index in [1.807, 2.05) is 0 Å². The number of ether oxygens (including phenoxy) is 1. The van der Waals surface area contributed by atoms with Crippen molar-refractivity contribution in [1.82, 2.24) is 9.88 Å². The molecular weight excluding hydrogens is 454 g/mol. The summed E-state index contributed by atoms with van der Waals surface area (Å²) in [5.74, 6) is 2.68. The van der Waals surface area contributed by atoms with Crippen molar-refractivity contribution in [3.8, 4) is 0 Å². The predicted octanol–water partition coefficient (Wildman–Crippen LogP) is 5.22. The van der Waals surface area contributed by atoms with Gasteiger partial charge in [0.2, 0.25) is 5.91 Å². The molecule has 0 spiro atoms. The Hall–Kier alpha value is -1.21. The Morgan fingerprint density at radius 3 is 2.39 bits per heavy atom. The smallest absolute Gasteiger partial charge is 0.235 e. The summed E-state index contributed by atoms with van der Waals surface area (Å²) < 4.78 is 6.73. The lowest BCUT2D eigenvalue weighted by molar-refractivity contribution is -0.143. The molecule has 7 rings (SSSR count). The number of amides is 1. The largest absolute Gasteiger partial charge is 0.379 e. The number of hydrogen-bond donors (Lipinski definition) is 0. The minimum atomic E-state index is -0.136. The summed E-state index contributed by atoms with van der Waals surface area (Å²) in [6, 6.07) is 4.35. The Labute approximate surface area is 207 Å². The topological polar surface area (TPSA) is 45.7 Å². The highest BCUT2D eigenvalue weighted by Crippen LogP contribution is 2.60. The van der Waals surface area contributed by atoms with Gasteiger partial charge >= 0.3 is 0 Å². The van der Waals surface area contributed by atoms with Crippen molar-refractivity contribution in [2.75, 3.05) is 44.3 Å². The molecule has 2 heterocycles. The summed E-state index contributed by atoms with van der Waals surface area (Å²) in [5, 5.41) is 0.905. The normalized spacial score (nSPS) is 31.0. The number of anilines is 1. The summed E-state index contributed by atoms with van der Waals surface area (Å²) >= 11 is 1.70. The van der Waals surface area contributed by atoms with E-state index in [1.165, 1.54) is 35.1 Å². The van der Waals surface area contributed by atoms with Crippen molar-refractivity contribution in [3.05, 3.63) is 23.3 Å². The third kappa shape index (κ3) is 4.22. The van der Waals surface area contributed by atoms with Gasteiger partial charge in [0.1, 0.15) is 0 Å². The highest BCUT2D eigenvalue weighted by atomic mass is 35.5. The molecule has 1 amide bonds. The molecule has 1 aliphatic heterocycles. The molecule has 7 heteroatoms. The van der Waals surface area contributed by atoms with Gasteiger partial charge in [0.15, 0.2) is 5.13 Å². The molecule has 0 N–H and O–H groups in total. The molecule has 33 heavy (non-hydrogen) atoms. The Balaban J connectivity index is 0.00000228. The lowest BCUT2D eigenvalue weighted by atomic mass is 9.49. The van der Waals surface area contributed by atoms with Gasteiger partial charge in [0.25, 0.3) is 0 Å². The molecule has 4 aliphatic carbocycles. The Bertz CT molecular complexity index is 997. The maximum Gasteiger partial charge on any atom is 0.235 e. The van der Waals surface area contributed by atoms with Crippen molar-refractivity contribution in [1.29, 1.82) is 0 Å². The van der Waals surface area contributed by atoms with Gasteiger partial charge in [0, 0.05) is 26.2 Å². The number of carbonyl (C=O) groups is 1. The average Bonchev–Trinajstić information content (AvgIpc) is 3.21. The van der Waals surface area contributed by atoms with E-state index in [4.69, 9.17) is 9.72 Å². The Morgan fingerprint density at radius 1 is 1.12 bits per heavy atom. The van der Waals surface area contributed by atoms with Gasteiger partial charge in [-0.2, -0.15) is 0 Å². The molecule has 5 fully saturated rings. The van der Waals surface area contributed by atoms with Crippen LogP contribution in [0.25, 0.3) is 10.2 Å². The number of carbonyl (C=O) groups excluding carboxylic acids is 1. The quantitative estimate of drug-likeness (QED) is 0.577. The second-order valence-corrected chi connectivity index (χ2v) is 12.0. The number of rotatable bonds is 5. The fourth-order valence-corrected chi connectivity index (χ4v) is 8.39. The summed E-state index contributed by atoms with van der Waals surface area (Å²) in [5.41, 5.74) is 3.43. The molecule has 4 saturated carbocycles. The highest BCUT2D eigenvalue weighted by Gasteiger charge is 2.56. The lowest BCUT2D eigenvalue weighted by Gasteiger charge is -2.56. The molecule has 1 saturated heterocycles. The first-order valence-electron chi connectivity index (χ1n) is 12.5. The first-order chi connectivity index (χ1) is 15.5. The van der Waals surface area contributed by atoms with Gasteiger partial charge in [-0.25, -0.2) is 4.98 Å². The fourth-order valence-electron chi connectivity index (χ4n) is 7.34. The van der Waals surface area contributed by atoms with Crippen molar-refractivity contribution in [2.24, 2.45) is 23.2 Å². The van der Waals surface area contributed by atoms with Gasteiger partial charge in [0.05, 0.1) is 28.8 Å². The van der Waals surface area contributed by atoms with Crippen molar-refractivity contribution in [3.63, 3.8) is 0 Å². The van der Waals surface area contributed by atoms with E-state index in [1.54, 1.807) is 11.3 Å². The monoisotopic (exact) mass is 489 g/mol. The van der Waals surface area contributed by atoms with Crippen molar-refractivity contribution >= 4 is 45.0 Å². The van der Waals surface area contributed by atoms with E-state index >= 15 is 0 Å². The lowest BCUT2D eigenvalue weighted by Crippen LogP contribution is -2.56. The van der Waals surface area contributed by atoms with Crippen LogP contribution in [-0.4, -0.2) is 55.2 Å². The number of hydrogen-bond acceptors (Lipinski definition) is 5. The van der Waals surface area contributed by atoms with Crippen LogP contribution in [0, 0.1) is 37.0 Å². The minimum absolute atomic E-state index is 0. The van der Waals surface area contributed by atoms with E-state index in [-0.39, 0.29) is 17.8 Å². The standard InChI is InChI=1S/C26H35N3O2S.ClH/c1-17-3-4-22-23(18(17)2)27-25(32-22)29(6-5-28-7-9-31-10-8-28)24(30)26-14-19-11-20(15-26)13-21(12-19)16-26;/h3-4,19-21H,5-16H2,1-2H3;1H. The molecule has 180 valence electrons. The third-order valence-corrected chi connectivity index (χ3v) is 9.83. The molecule has 4 bridgehead atoms. The molecule has 0 unspecified atom stereocenters. The van der Waals surface area contributed by atoms with Crippen LogP contribution in [0.1, 0.15) is 49.7 Å². The number of benzene rings is 1. The van der Waals surface area contributed by atoms with Gasteiger partial charge < -0.3 is 4.74 Å². The maximum atomic E-state index is 14.3. The number of aryl methyl sites for hydroxylation is 2. The van der Waals surface area contributed by atoms with E-state index < -0.39 is 0 Å². The second-order valence-electron chi connectivity index (χ2n) is 11.0. The summed E-state index contributed by atoms with van der Waals surface area (Å²) in [6.45, 7) is 9.43. The molecule has 5 nitrogen and oxygen atoms in total. The molecule has 1 aromatic heterocycles. The van der Waals surface area contributed by atoms with E-state index in [0.29, 0.717) is 5.91 Å². The molecule has 2 aromatic rings. The predicted molar refractivity (Wildman–Crippen MR) is 137 cm³/mol. The van der Waals surface area contributed by atoms with Gasteiger partial charge in [-0.15, -0.1) is 12.4 Å². The van der Waals surface area contributed by atoms with Gasteiger partial charge in [-0.3, -0.25) is 14.6 Å². The van der Waals surface area contributed by atoms with Crippen LogP contribution < -0.4 is 4.90 Å². The second kappa shape index (κ2) is 9.10. The minimum Gasteiger partial charge on any atom is -0.379 e. The summed E-state index contributed by atoms with van der Waals surface area (Å²) in [7, 11) is 0. The SMILES string of the molecule is Cc1ccc2sc(N(CCN3CCOCC3)C(=O)C34CC5CC(CC(C5)C3)C4)nc2c1C.Cl. The van der Waals surface area contributed by atoms with Crippen LogP contribution >= 0.6 is 23.7 Å². The van der Waals surface area contributed by atoms with E-state index in [9.17, 15) is 4.79 Å². The van der Waals surface area contributed by atoms with E-state index in [0.717, 1.165) is 87.1 Å². The molecule has 5 aliphatic rings. The number of fused-ring (bicyclic) bond motifs is 1. The number of aromatic nitrogens is 1. The molecule has 1 aromatic carbocycles. The van der Waals surface area contributed by atoms with Crippen LogP contribution in [0.4, 0.5) is 5.13 Å². The van der Waals surface area contributed by atoms with Crippen LogP contribution in [-0.2, 0) is 9.53 Å². The summed E-state index contributed by atoms with van der Waals surface area (Å²) in [4.78, 5) is 24.0. The zero-order valence-electron chi connectivity index (χ0n) is 19.8.